The summed E-state index contributed by atoms with van der Waals surface area (Å²) >= 11 is 0. The summed E-state index contributed by atoms with van der Waals surface area (Å²) in [6.45, 7) is 14.6. The third-order valence-corrected chi connectivity index (χ3v) is 7.64. The highest BCUT2D eigenvalue weighted by molar-refractivity contribution is 5.91. The molecule has 0 fully saturated rings. The minimum absolute atomic E-state index is 0.151. The number of furan rings is 1. The van der Waals surface area contributed by atoms with Crippen molar-refractivity contribution in [2.75, 3.05) is 14.2 Å². The van der Waals surface area contributed by atoms with Gasteiger partial charge in [0, 0.05) is 6.42 Å². The van der Waals surface area contributed by atoms with Crippen molar-refractivity contribution in [2.45, 2.75) is 71.9 Å². The van der Waals surface area contributed by atoms with Crippen LogP contribution in [0, 0.1) is 20.8 Å². The van der Waals surface area contributed by atoms with Gasteiger partial charge in [0.2, 0.25) is 0 Å². The number of carbonyl (C=O) groups excluding carboxylic acids is 1. The second kappa shape index (κ2) is 11.0. The number of methoxy groups -OCH3 is 2. The van der Waals surface area contributed by atoms with Crippen LogP contribution < -0.4 is 19.5 Å². The number of benzene rings is 2. The van der Waals surface area contributed by atoms with Gasteiger partial charge in [-0.05, 0) is 112 Å². The highest BCUT2D eigenvalue weighted by atomic mass is 16.5. The molecule has 3 aromatic rings. The Morgan fingerprint density at radius 1 is 1.08 bits per heavy atom. The predicted molar refractivity (Wildman–Crippen MR) is 150 cm³/mol. The van der Waals surface area contributed by atoms with Crippen molar-refractivity contribution in [3.05, 3.63) is 87.9 Å². The number of fused-ring (bicyclic) bond motifs is 1. The van der Waals surface area contributed by atoms with Gasteiger partial charge < -0.3 is 23.9 Å². The molecule has 6 heteroatoms. The zero-order valence-electron chi connectivity index (χ0n) is 23.6. The van der Waals surface area contributed by atoms with Gasteiger partial charge in [0.15, 0.2) is 17.3 Å². The van der Waals surface area contributed by atoms with E-state index in [9.17, 15) is 4.79 Å². The first kappa shape index (κ1) is 27.4. The van der Waals surface area contributed by atoms with Crippen molar-refractivity contribution < 1.29 is 23.4 Å². The van der Waals surface area contributed by atoms with Crippen molar-refractivity contribution in [3.8, 4) is 17.2 Å². The molecule has 1 aliphatic rings. The molecule has 1 atom stereocenters. The molecule has 1 N–H and O–H groups in total. The van der Waals surface area contributed by atoms with Gasteiger partial charge in [-0.25, -0.2) is 0 Å². The first-order valence-electron chi connectivity index (χ1n) is 13.1. The number of amides is 1. The van der Waals surface area contributed by atoms with Gasteiger partial charge in [-0.2, -0.15) is 0 Å². The van der Waals surface area contributed by atoms with Gasteiger partial charge in [0.25, 0.3) is 5.91 Å². The Balaban J connectivity index is 1.54. The summed E-state index contributed by atoms with van der Waals surface area (Å²) in [5.74, 6) is 3.03. The number of carbonyl (C=O) groups is 1. The highest BCUT2D eigenvalue weighted by Gasteiger charge is 2.31. The molecule has 38 heavy (non-hydrogen) atoms. The smallest absolute Gasteiger partial charge is 0.287 e. The van der Waals surface area contributed by atoms with Crippen molar-refractivity contribution in [1.29, 1.82) is 0 Å². The van der Waals surface area contributed by atoms with E-state index in [0.717, 1.165) is 29.9 Å². The lowest BCUT2D eigenvalue weighted by Gasteiger charge is -2.35. The Hall–Kier alpha value is -3.67. The maximum atomic E-state index is 13.2. The molecule has 1 aliphatic heterocycles. The van der Waals surface area contributed by atoms with E-state index in [1.807, 2.05) is 24.3 Å². The van der Waals surface area contributed by atoms with E-state index in [2.05, 4.69) is 46.5 Å². The number of ether oxygens (including phenoxy) is 3. The molecule has 6 nitrogen and oxygen atoms in total. The van der Waals surface area contributed by atoms with Gasteiger partial charge in [-0.3, -0.25) is 4.79 Å². The van der Waals surface area contributed by atoms with Crippen LogP contribution in [0.5, 0.6) is 17.2 Å². The summed E-state index contributed by atoms with van der Waals surface area (Å²) < 4.78 is 23.2. The van der Waals surface area contributed by atoms with E-state index in [-0.39, 0.29) is 23.3 Å². The van der Waals surface area contributed by atoms with Crippen LogP contribution in [0.15, 0.2) is 47.4 Å². The van der Waals surface area contributed by atoms with Crippen molar-refractivity contribution in [3.63, 3.8) is 0 Å². The zero-order valence-corrected chi connectivity index (χ0v) is 23.6. The normalized spacial score (nSPS) is 14.7. The summed E-state index contributed by atoms with van der Waals surface area (Å²) in [6, 6.07) is 8.96. The van der Waals surface area contributed by atoms with Gasteiger partial charge >= 0.3 is 0 Å². The van der Waals surface area contributed by atoms with Crippen LogP contribution >= 0.6 is 0 Å². The summed E-state index contributed by atoms with van der Waals surface area (Å²) in [6.07, 6.45) is 4.94. The van der Waals surface area contributed by atoms with E-state index in [1.165, 1.54) is 27.8 Å². The van der Waals surface area contributed by atoms with Gasteiger partial charge in [0.05, 0.1) is 20.3 Å². The maximum Gasteiger partial charge on any atom is 0.287 e. The van der Waals surface area contributed by atoms with Gasteiger partial charge in [-0.15, -0.1) is 6.58 Å². The average Bonchev–Trinajstić information content (AvgIpc) is 3.37. The molecular formula is C32H39NO5. The molecule has 0 saturated heterocycles. The molecular weight excluding hydrogens is 478 g/mol. The standard InChI is InChI=1S/C32H39NO5/c1-9-10-26(22-11-13-27(35-7)29(17-22)36-8)33-31(34)28-14-12-23(37-28)18-25-19(2)20(3)30-24(21(25)4)15-16-32(5,6)38-30/h9,11-14,17,26H,1,10,15-16,18H2,2-8H3,(H,33,34). The molecule has 1 aromatic heterocycles. The SMILES string of the molecule is C=CCC(NC(=O)c1ccc(Cc2c(C)c(C)c3c(c2C)CCC(C)(C)O3)o1)c1ccc(OC)c(OC)c1. The number of hydrogen-bond acceptors (Lipinski definition) is 5. The van der Waals surface area contributed by atoms with Crippen LogP contribution in [-0.4, -0.2) is 25.7 Å². The van der Waals surface area contributed by atoms with E-state index in [1.54, 1.807) is 26.4 Å². The first-order valence-corrected chi connectivity index (χ1v) is 13.1. The number of hydrogen-bond donors (Lipinski definition) is 1. The third-order valence-electron chi connectivity index (χ3n) is 7.64. The molecule has 1 unspecified atom stereocenters. The van der Waals surface area contributed by atoms with Crippen molar-refractivity contribution in [2.24, 2.45) is 0 Å². The molecule has 4 rings (SSSR count). The average molecular weight is 518 g/mol. The van der Waals surface area contributed by atoms with Crippen LogP contribution in [0.2, 0.25) is 0 Å². The minimum atomic E-state index is -0.287. The Kier molecular flexibility index (Phi) is 7.91. The fourth-order valence-corrected chi connectivity index (χ4v) is 5.23. The van der Waals surface area contributed by atoms with E-state index in [0.29, 0.717) is 24.3 Å². The summed E-state index contributed by atoms with van der Waals surface area (Å²) in [7, 11) is 3.19. The predicted octanol–water partition coefficient (Wildman–Crippen LogP) is 6.96. The Bertz CT molecular complexity index is 1350. The maximum absolute atomic E-state index is 13.2. The topological polar surface area (TPSA) is 69.9 Å². The summed E-state index contributed by atoms with van der Waals surface area (Å²) in [5.41, 5.74) is 6.90. The molecule has 0 saturated carbocycles. The molecule has 1 amide bonds. The lowest BCUT2D eigenvalue weighted by Crippen LogP contribution is -2.33. The molecule has 2 aromatic carbocycles. The molecule has 2 heterocycles. The Morgan fingerprint density at radius 2 is 1.82 bits per heavy atom. The second-order valence-electron chi connectivity index (χ2n) is 10.6. The largest absolute Gasteiger partial charge is 0.493 e. The van der Waals surface area contributed by atoms with Crippen LogP contribution in [-0.2, 0) is 12.8 Å². The van der Waals surface area contributed by atoms with E-state index >= 15 is 0 Å². The van der Waals surface area contributed by atoms with E-state index in [4.69, 9.17) is 18.6 Å². The Labute approximate surface area is 226 Å². The van der Waals surface area contributed by atoms with Crippen molar-refractivity contribution >= 4 is 5.91 Å². The highest BCUT2D eigenvalue weighted by Crippen LogP contribution is 2.41. The minimum Gasteiger partial charge on any atom is -0.493 e. The van der Waals surface area contributed by atoms with Crippen LogP contribution in [0.25, 0.3) is 0 Å². The van der Waals surface area contributed by atoms with Gasteiger partial charge in [-0.1, -0.05) is 12.1 Å². The molecule has 202 valence electrons. The lowest BCUT2D eigenvalue weighted by molar-refractivity contribution is 0.0833. The second-order valence-corrected chi connectivity index (χ2v) is 10.6. The molecule has 0 radical (unpaired) electrons. The fraction of sp³-hybridized carbons (Fsp3) is 0.406. The summed E-state index contributed by atoms with van der Waals surface area (Å²) in [4.78, 5) is 13.2. The molecule has 0 bridgehead atoms. The first-order chi connectivity index (χ1) is 18.1. The monoisotopic (exact) mass is 517 g/mol. The summed E-state index contributed by atoms with van der Waals surface area (Å²) in [5, 5.41) is 3.08. The van der Waals surface area contributed by atoms with Gasteiger partial charge in [0.1, 0.15) is 17.1 Å². The third kappa shape index (κ3) is 5.45. The number of nitrogens with one attached hydrogen (secondary N) is 1. The fourth-order valence-electron chi connectivity index (χ4n) is 5.23. The number of rotatable bonds is 9. The van der Waals surface area contributed by atoms with Crippen molar-refractivity contribution in [1.82, 2.24) is 5.32 Å². The lowest BCUT2D eigenvalue weighted by atomic mass is 9.84. The molecule has 0 spiro atoms. The Morgan fingerprint density at radius 3 is 2.50 bits per heavy atom. The van der Waals surface area contributed by atoms with E-state index < -0.39 is 0 Å². The van der Waals surface area contributed by atoms with Crippen LogP contribution in [0.3, 0.4) is 0 Å². The van der Waals surface area contributed by atoms with Crippen LogP contribution in [0.1, 0.15) is 82.4 Å². The zero-order chi connectivity index (χ0) is 27.6. The van der Waals surface area contributed by atoms with Crippen LogP contribution in [0.4, 0.5) is 0 Å². The quantitative estimate of drug-likeness (QED) is 0.311. The molecule has 0 aliphatic carbocycles.